The minimum absolute atomic E-state index is 0.221. The van der Waals surface area contributed by atoms with E-state index in [4.69, 9.17) is 11.0 Å². The largest absolute Gasteiger partial charge is 0.383 e. The molecule has 0 saturated heterocycles. The molecule has 1 saturated carbocycles. The van der Waals surface area contributed by atoms with Crippen molar-refractivity contribution in [3.63, 3.8) is 0 Å². The van der Waals surface area contributed by atoms with Gasteiger partial charge >= 0.3 is 0 Å². The summed E-state index contributed by atoms with van der Waals surface area (Å²) in [5, 5.41) is 25.8. The van der Waals surface area contributed by atoms with Crippen molar-refractivity contribution in [2.45, 2.75) is 19.4 Å². The number of aliphatic hydroxyl groups is 1. The molecule has 5 N–H and O–H groups in total. The highest BCUT2D eigenvalue weighted by Gasteiger charge is 2.43. The van der Waals surface area contributed by atoms with E-state index in [-0.39, 0.29) is 23.6 Å². The van der Waals surface area contributed by atoms with Crippen LogP contribution < -0.4 is 16.4 Å². The molecule has 2 aromatic heterocycles. The van der Waals surface area contributed by atoms with Crippen molar-refractivity contribution >= 4 is 39.9 Å². The smallest absolute Gasteiger partial charge is 0.257 e. The van der Waals surface area contributed by atoms with Gasteiger partial charge in [0.25, 0.3) is 5.91 Å². The Bertz CT molecular complexity index is 1330. The van der Waals surface area contributed by atoms with E-state index in [2.05, 4.69) is 26.7 Å². The highest BCUT2D eigenvalue weighted by atomic mass is 16.3. The Morgan fingerprint density at radius 3 is 2.90 bits per heavy atom. The zero-order valence-electron chi connectivity index (χ0n) is 16.5. The van der Waals surface area contributed by atoms with Gasteiger partial charge in [-0.15, -0.1) is 0 Å². The number of anilines is 3. The number of aliphatic hydroxyl groups excluding tert-OH is 1. The van der Waals surface area contributed by atoms with Crippen LogP contribution in [0.1, 0.15) is 23.7 Å². The number of benzene rings is 1. The molecule has 1 aromatic carbocycles. The zero-order chi connectivity index (χ0) is 21.9. The lowest BCUT2D eigenvalue weighted by molar-refractivity contribution is -0.123. The molecule has 3 heterocycles. The molecule has 1 fully saturated rings. The number of fused-ring (bicyclic) bond motifs is 2. The number of nitrogens with two attached hydrogens (primary N) is 1. The summed E-state index contributed by atoms with van der Waals surface area (Å²) in [6.45, 7) is 1.88. The third-order valence-electron chi connectivity index (χ3n) is 5.76. The fourth-order valence-electron chi connectivity index (χ4n) is 3.90. The molecule has 3 unspecified atom stereocenters. The van der Waals surface area contributed by atoms with Gasteiger partial charge in [-0.25, -0.2) is 9.97 Å². The molecule has 2 amide bonds. The number of aromatic nitrogens is 2. The predicted octanol–water partition coefficient (Wildman–Crippen LogP) is 2.27. The maximum Gasteiger partial charge on any atom is 0.257 e. The summed E-state index contributed by atoms with van der Waals surface area (Å²) in [6, 6.07) is 9.16. The van der Waals surface area contributed by atoms with Crippen molar-refractivity contribution in [3.05, 3.63) is 41.6 Å². The molecule has 1 aliphatic heterocycles. The summed E-state index contributed by atoms with van der Waals surface area (Å²) in [6.07, 6.45) is 0.892. The number of nitrogen functional groups attached to an aromatic ring is 1. The van der Waals surface area contributed by atoms with Gasteiger partial charge in [0.15, 0.2) is 6.10 Å². The topological polar surface area (TPSA) is 154 Å². The monoisotopic (exact) mass is 414 g/mol. The van der Waals surface area contributed by atoms with Crippen LogP contribution in [0.25, 0.3) is 22.0 Å². The van der Waals surface area contributed by atoms with E-state index >= 15 is 0 Å². The first-order chi connectivity index (χ1) is 14.9. The first kappa shape index (κ1) is 19.0. The van der Waals surface area contributed by atoms with Gasteiger partial charge in [0.1, 0.15) is 11.6 Å². The second kappa shape index (κ2) is 6.75. The molecule has 1 aliphatic carbocycles. The van der Waals surface area contributed by atoms with Crippen LogP contribution in [-0.2, 0) is 9.59 Å². The average Bonchev–Trinajstić information content (AvgIpc) is 3.48. The third kappa shape index (κ3) is 3.14. The number of nitriles is 1. The number of nitrogens with zero attached hydrogens (tertiary/aromatic N) is 3. The summed E-state index contributed by atoms with van der Waals surface area (Å²) < 4.78 is 0. The lowest BCUT2D eigenvalue weighted by atomic mass is 9.98. The lowest BCUT2D eigenvalue weighted by Crippen LogP contribution is -2.15. The minimum Gasteiger partial charge on any atom is -0.383 e. The van der Waals surface area contributed by atoms with Crippen LogP contribution in [0.2, 0.25) is 0 Å². The first-order valence-corrected chi connectivity index (χ1v) is 9.76. The standard InChI is InChI=1S/C22H18N6O3/c1-9-2-16-14(19(29)22(31)27-16)6-12(9)17-4-10-5-18(25-8-15(10)20(24)26-17)28-21(30)13-3-11(13)7-23/h2,4-6,8,11,13,19,29H,3H2,1H3,(H2,24,26)(H,27,31)(H,25,28,30). The van der Waals surface area contributed by atoms with E-state index in [0.717, 1.165) is 16.5 Å². The van der Waals surface area contributed by atoms with E-state index < -0.39 is 12.0 Å². The Hall–Kier alpha value is -4.03. The quantitative estimate of drug-likeness (QED) is 0.512. The van der Waals surface area contributed by atoms with E-state index in [0.29, 0.717) is 34.6 Å². The number of carbonyl (C=O) groups excluding carboxylic acids is 2. The molecule has 31 heavy (non-hydrogen) atoms. The second-order valence-corrected chi connectivity index (χ2v) is 7.90. The molecular weight excluding hydrogens is 396 g/mol. The summed E-state index contributed by atoms with van der Waals surface area (Å²) in [5.74, 6) is -0.559. The molecule has 9 heteroatoms. The number of rotatable bonds is 3. The molecule has 5 rings (SSSR count). The highest BCUT2D eigenvalue weighted by molar-refractivity contribution is 6.03. The van der Waals surface area contributed by atoms with Gasteiger partial charge in [0.05, 0.1) is 23.6 Å². The van der Waals surface area contributed by atoms with E-state index in [9.17, 15) is 14.7 Å². The van der Waals surface area contributed by atoms with E-state index in [1.807, 2.05) is 13.0 Å². The maximum absolute atomic E-state index is 12.2. The Kier molecular flexibility index (Phi) is 4.13. The van der Waals surface area contributed by atoms with Crippen LogP contribution in [0.15, 0.2) is 30.5 Å². The lowest BCUT2D eigenvalue weighted by Gasteiger charge is -2.12. The van der Waals surface area contributed by atoms with Crippen LogP contribution in [-0.4, -0.2) is 26.9 Å². The van der Waals surface area contributed by atoms with Crippen molar-refractivity contribution in [2.24, 2.45) is 11.8 Å². The number of amides is 2. The molecule has 9 nitrogen and oxygen atoms in total. The van der Waals surface area contributed by atoms with Crippen LogP contribution in [0, 0.1) is 30.1 Å². The number of hydrogen-bond acceptors (Lipinski definition) is 7. The fraction of sp³-hybridized carbons (Fsp3) is 0.227. The second-order valence-electron chi connectivity index (χ2n) is 7.90. The van der Waals surface area contributed by atoms with Gasteiger partial charge in [0.2, 0.25) is 5.91 Å². The maximum atomic E-state index is 12.2. The highest BCUT2D eigenvalue weighted by Crippen LogP contribution is 2.39. The van der Waals surface area contributed by atoms with Crippen molar-refractivity contribution in [2.75, 3.05) is 16.4 Å². The van der Waals surface area contributed by atoms with Crippen LogP contribution >= 0.6 is 0 Å². The first-order valence-electron chi connectivity index (χ1n) is 9.76. The number of pyridine rings is 2. The van der Waals surface area contributed by atoms with Gasteiger partial charge in [-0.3, -0.25) is 9.59 Å². The summed E-state index contributed by atoms with van der Waals surface area (Å²) in [5.41, 5.74) is 9.41. The number of hydrogen-bond donors (Lipinski definition) is 4. The summed E-state index contributed by atoms with van der Waals surface area (Å²) in [7, 11) is 0. The zero-order valence-corrected chi connectivity index (χ0v) is 16.5. The molecule has 0 radical (unpaired) electrons. The van der Waals surface area contributed by atoms with Crippen LogP contribution in [0.5, 0.6) is 0 Å². The summed E-state index contributed by atoms with van der Waals surface area (Å²) in [4.78, 5) is 32.7. The molecular formula is C22H18N6O3. The minimum atomic E-state index is -1.22. The Morgan fingerprint density at radius 1 is 1.35 bits per heavy atom. The van der Waals surface area contributed by atoms with E-state index in [1.165, 1.54) is 0 Å². The van der Waals surface area contributed by atoms with Gasteiger partial charge in [-0.05, 0) is 48.6 Å². The molecule has 154 valence electrons. The fourth-order valence-corrected chi connectivity index (χ4v) is 3.90. The predicted molar refractivity (Wildman–Crippen MR) is 114 cm³/mol. The van der Waals surface area contributed by atoms with Crippen LogP contribution in [0.4, 0.5) is 17.3 Å². The molecule has 3 aromatic rings. The van der Waals surface area contributed by atoms with Gasteiger partial charge in [-0.1, -0.05) is 0 Å². The summed E-state index contributed by atoms with van der Waals surface area (Å²) >= 11 is 0. The SMILES string of the molecule is Cc1cc2c(cc1-c1cc3cc(NC(=O)C4CC4C#N)ncc3c(N)n1)C(O)C(=O)N2. The molecule has 3 atom stereocenters. The van der Waals surface area contributed by atoms with Crippen molar-refractivity contribution in [3.8, 4) is 17.3 Å². The van der Waals surface area contributed by atoms with Gasteiger partial charge < -0.3 is 21.5 Å². The Morgan fingerprint density at radius 2 is 2.16 bits per heavy atom. The Labute approximate surface area is 176 Å². The normalized spacial score (nSPS) is 21.3. The van der Waals surface area contributed by atoms with Crippen molar-refractivity contribution < 1.29 is 14.7 Å². The average molecular weight is 414 g/mol. The van der Waals surface area contributed by atoms with E-state index in [1.54, 1.807) is 24.4 Å². The van der Waals surface area contributed by atoms with Crippen LogP contribution in [0.3, 0.4) is 0 Å². The molecule has 0 spiro atoms. The van der Waals surface area contributed by atoms with Gasteiger partial charge in [-0.2, -0.15) is 5.26 Å². The third-order valence-corrected chi connectivity index (χ3v) is 5.76. The number of nitrogens with one attached hydrogen (secondary N) is 2. The van der Waals surface area contributed by atoms with Crippen molar-refractivity contribution in [1.82, 2.24) is 9.97 Å². The van der Waals surface area contributed by atoms with Gasteiger partial charge in [0, 0.05) is 28.4 Å². The Balaban J connectivity index is 1.53. The van der Waals surface area contributed by atoms with Crippen molar-refractivity contribution in [1.29, 1.82) is 5.26 Å². The molecule has 0 bridgehead atoms. The number of carbonyl (C=O) groups is 2. The molecule has 2 aliphatic rings. The number of aryl methyl sites for hydroxylation is 1.